The predicted octanol–water partition coefficient (Wildman–Crippen LogP) is 3.30. The Hall–Kier alpha value is -2.68. The van der Waals surface area contributed by atoms with E-state index in [1.165, 1.54) is 0 Å². The standard InChI is InChI=1S/C18H19N5O/c19-8-5-12-1-3-13(4-2-12)23-16(7-10-24)22-15-11-21-18-14(17(15)23)6-9-20-18/h6,9-13H,1-5,7H2,(H,20,21). The number of nitrogens with zero attached hydrogens (tertiary/aromatic N) is 4. The highest BCUT2D eigenvalue weighted by atomic mass is 16.1. The molecule has 1 N–H and O–H groups in total. The van der Waals surface area contributed by atoms with Gasteiger partial charge in [0.2, 0.25) is 0 Å². The molecule has 0 unspecified atom stereocenters. The maximum Gasteiger partial charge on any atom is 0.139 e. The number of aromatic amines is 1. The van der Waals surface area contributed by atoms with E-state index in [-0.39, 0.29) is 0 Å². The van der Waals surface area contributed by atoms with Gasteiger partial charge in [-0.2, -0.15) is 5.26 Å². The van der Waals surface area contributed by atoms with Crippen LogP contribution in [-0.2, 0) is 11.2 Å². The zero-order valence-corrected chi connectivity index (χ0v) is 13.4. The smallest absolute Gasteiger partial charge is 0.139 e. The summed E-state index contributed by atoms with van der Waals surface area (Å²) in [4.78, 5) is 23.4. The lowest BCUT2D eigenvalue weighted by atomic mass is 9.84. The van der Waals surface area contributed by atoms with E-state index in [0.717, 1.165) is 59.9 Å². The minimum absolute atomic E-state index is 0.318. The Kier molecular flexibility index (Phi) is 3.77. The topological polar surface area (TPSA) is 87.4 Å². The molecular formula is C18H19N5O. The largest absolute Gasteiger partial charge is 0.346 e. The van der Waals surface area contributed by atoms with Gasteiger partial charge in [0.05, 0.1) is 24.2 Å². The number of aldehydes is 1. The Labute approximate surface area is 139 Å². The molecule has 4 rings (SSSR count). The summed E-state index contributed by atoms with van der Waals surface area (Å²) < 4.78 is 2.25. The van der Waals surface area contributed by atoms with Crippen molar-refractivity contribution in [1.29, 1.82) is 5.26 Å². The highest BCUT2D eigenvalue weighted by Gasteiger charge is 2.26. The monoisotopic (exact) mass is 321 g/mol. The minimum atomic E-state index is 0.318. The van der Waals surface area contributed by atoms with Crippen molar-refractivity contribution < 1.29 is 4.79 Å². The molecule has 1 aliphatic rings. The molecule has 0 atom stereocenters. The molecule has 3 aromatic rings. The number of hydrogen-bond acceptors (Lipinski definition) is 4. The van der Waals surface area contributed by atoms with Gasteiger partial charge in [-0.15, -0.1) is 0 Å². The number of carbonyl (C=O) groups is 1. The molecular weight excluding hydrogens is 302 g/mol. The van der Waals surface area contributed by atoms with Crippen molar-refractivity contribution in [3.63, 3.8) is 0 Å². The van der Waals surface area contributed by atoms with E-state index in [4.69, 9.17) is 5.26 Å². The van der Waals surface area contributed by atoms with Crippen LogP contribution in [0.15, 0.2) is 18.5 Å². The first-order valence-corrected chi connectivity index (χ1v) is 8.45. The first-order chi connectivity index (χ1) is 11.8. The van der Waals surface area contributed by atoms with E-state index in [1.807, 2.05) is 12.3 Å². The van der Waals surface area contributed by atoms with E-state index >= 15 is 0 Å². The fourth-order valence-electron chi connectivity index (χ4n) is 3.99. The molecule has 6 nitrogen and oxygen atoms in total. The van der Waals surface area contributed by atoms with Gasteiger partial charge in [-0.3, -0.25) is 0 Å². The SMILES string of the molecule is N#CCC1CCC(n2c(CC=O)nc3cnc4[nH]ccc4c32)CC1. The minimum Gasteiger partial charge on any atom is -0.346 e. The molecule has 3 aromatic heterocycles. The van der Waals surface area contributed by atoms with Crippen molar-refractivity contribution in [2.24, 2.45) is 5.92 Å². The number of pyridine rings is 1. The van der Waals surface area contributed by atoms with Gasteiger partial charge >= 0.3 is 0 Å². The van der Waals surface area contributed by atoms with Crippen LogP contribution in [0.1, 0.15) is 44.0 Å². The third kappa shape index (κ3) is 2.37. The van der Waals surface area contributed by atoms with Gasteiger partial charge in [0.15, 0.2) is 0 Å². The van der Waals surface area contributed by atoms with Gasteiger partial charge < -0.3 is 14.3 Å². The van der Waals surface area contributed by atoms with Gasteiger partial charge in [-0.1, -0.05) is 0 Å². The Bertz CT molecular complexity index is 924. The Morgan fingerprint density at radius 2 is 2.21 bits per heavy atom. The molecule has 0 saturated heterocycles. The van der Waals surface area contributed by atoms with Gasteiger partial charge in [-0.05, 0) is 37.7 Å². The van der Waals surface area contributed by atoms with Crippen LogP contribution in [0.4, 0.5) is 0 Å². The summed E-state index contributed by atoms with van der Waals surface area (Å²) in [7, 11) is 0. The predicted molar refractivity (Wildman–Crippen MR) is 90.4 cm³/mol. The second-order valence-corrected chi connectivity index (χ2v) is 6.54. The quantitative estimate of drug-likeness (QED) is 0.747. The van der Waals surface area contributed by atoms with E-state index < -0.39 is 0 Å². The molecule has 122 valence electrons. The number of nitrogens with one attached hydrogen (secondary N) is 1. The van der Waals surface area contributed by atoms with Crippen LogP contribution in [-0.4, -0.2) is 25.8 Å². The summed E-state index contributed by atoms with van der Waals surface area (Å²) in [6.45, 7) is 0. The lowest BCUT2D eigenvalue weighted by Gasteiger charge is -2.29. The van der Waals surface area contributed by atoms with Crippen LogP contribution >= 0.6 is 0 Å². The molecule has 6 heteroatoms. The summed E-state index contributed by atoms with van der Waals surface area (Å²) in [5, 5.41) is 9.96. The lowest BCUT2D eigenvalue weighted by Crippen LogP contribution is -2.20. The number of nitriles is 1. The molecule has 1 fully saturated rings. The van der Waals surface area contributed by atoms with Crippen molar-refractivity contribution in [1.82, 2.24) is 19.5 Å². The lowest BCUT2D eigenvalue weighted by molar-refractivity contribution is -0.107. The van der Waals surface area contributed by atoms with Gasteiger partial charge in [-0.25, -0.2) is 9.97 Å². The van der Waals surface area contributed by atoms with E-state index in [9.17, 15) is 4.79 Å². The fourth-order valence-corrected chi connectivity index (χ4v) is 3.99. The fraction of sp³-hybridized carbons (Fsp3) is 0.444. The molecule has 0 bridgehead atoms. The van der Waals surface area contributed by atoms with Crippen molar-refractivity contribution >= 4 is 28.4 Å². The first kappa shape index (κ1) is 14.9. The Morgan fingerprint density at radius 1 is 1.38 bits per heavy atom. The van der Waals surface area contributed by atoms with E-state index in [0.29, 0.717) is 24.8 Å². The highest BCUT2D eigenvalue weighted by Crippen LogP contribution is 2.37. The van der Waals surface area contributed by atoms with Crippen LogP contribution in [0.3, 0.4) is 0 Å². The van der Waals surface area contributed by atoms with Crippen LogP contribution in [0.25, 0.3) is 22.1 Å². The normalized spacial score (nSPS) is 21.1. The van der Waals surface area contributed by atoms with Crippen LogP contribution < -0.4 is 0 Å². The molecule has 0 radical (unpaired) electrons. The molecule has 3 heterocycles. The molecule has 0 amide bonds. The maximum atomic E-state index is 11.1. The number of aromatic nitrogens is 4. The van der Waals surface area contributed by atoms with Crippen LogP contribution in [0.5, 0.6) is 0 Å². The second kappa shape index (κ2) is 6.08. The zero-order chi connectivity index (χ0) is 16.5. The van der Waals surface area contributed by atoms with Crippen molar-refractivity contribution in [2.45, 2.75) is 44.6 Å². The number of carbonyl (C=O) groups excluding carboxylic acids is 1. The van der Waals surface area contributed by atoms with Crippen LogP contribution in [0, 0.1) is 17.2 Å². The molecule has 24 heavy (non-hydrogen) atoms. The average molecular weight is 321 g/mol. The Morgan fingerprint density at radius 3 is 2.96 bits per heavy atom. The number of H-pyrrole nitrogens is 1. The van der Waals surface area contributed by atoms with Crippen LogP contribution in [0.2, 0.25) is 0 Å². The summed E-state index contributed by atoms with van der Waals surface area (Å²) >= 11 is 0. The number of rotatable bonds is 4. The summed E-state index contributed by atoms with van der Waals surface area (Å²) in [5.74, 6) is 1.32. The molecule has 0 spiro atoms. The number of fused-ring (bicyclic) bond motifs is 3. The van der Waals surface area contributed by atoms with Gasteiger partial charge in [0.1, 0.15) is 23.3 Å². The first-order valence-electron chi connectivity index (χ1n) is 8.45. The van der Waals surface area contributed by atoms with E-state index in [2.05, 4.69) is 25.6 Å². The van der Waals surface area contributed by atoms with E-state index in [1.54, 1.807) is 6.20 Å². The van der Waals surface area contributed by atoms with Crippen molar-refractivity contribution in [3.8, 4) is 6.07 Å². The van der Waals surface area contributed by atoms with Crippen molar-refractivity contribution in [3.05, 3.63) is 24.3 Å². The molecule has 0 aromatic carbocycles. The third-order valence-electron chi connectivity index (χ3n) is 5.13. The summed E-state index contributed by atoms with van der Waals surface area (Å²) in [6.07, 6.45) is 9.71. The van der Waals surface area contributed by atoms with Gasteiger partial charge in [0.25, 0.3) is 0 Å². The number of hydrogen-bond donors (Lipinski definition) is 1. The molecule has 0 aliphatic heterocycles. The van der Waals surface area contributed by atoms with Gasteiger partial charge in [0, 0.05) is 24.0 Å². The molecule has 1 aliphatic carbocycles. The zero-order valence-electron chi connectivity index (χ0n) is 13.4. The summed E-state index contributed by atoms with van der Waals surface area (Å²) in [6, 6.07) is 4.65. The maximum absolute atomic E-state index is 11.1. The Balaban J connectivity index is 1.80. The third-order valence-corrected chi connectivity index (χ3v) is 5.13. The average Bonchev–Trinajstić information content (AvgIpc) is 3.20. The summed E-state index contributed by atoms with van der Waals surface area (Å²) in [5.41, 5.74) is 2.76. The molecule has 1 saturated carbocycles. The second-order valence-electron chi connectivity index (χ2n) is 6.54. The van der Waals surface area contributed by atoms with Crippen molar-refractivity contribution in [2.75, 3.05) is 0 Å². The number of imidazole rings is 1. The highest BCUT2D eigenvalue weighted by molar-refractivity contribution is 6.01.